The van der Waals surface area contributed by atoms with Crippen molar-refractivity contribution in [1.82, 2.24) is 0 Å². The summed E-state index contributed by atoms with van der Waals surface area (Å²) in [4.78, 5) is 29.8. The zero-order valence-corrected chi connectivity index (χ0v) is 6.05. The highest BCUT2D eigenvalue weighted by atomic mass is 16.7. The highest BCUT2D eigenvalue weighted by Crippen LogP contribution is 2.03. The van der Waals surface area contributed by atoms with Crippen molar-refractivity contribution in [2.75, 3.05) is 6.61 Å². The summed E-state index contributed by atoms with van der Waals surface area (Å²) >= 11 is 0. The van der Waals surface area contributed by atoms with Gasteiger partial charge in [0.15, 0.2) is 0 Å². The van der Waals surface area contributed by atoms with Crippen molar-refractivity contribution >= 4 is 17.9 Å². The first-order chi connectivity index (χ1) is 5.80. The zero-order valence-electron chi connectivity index (χ0n) is 6.05. The van der Waals surface area contributed by atoms with Gasteiger partial charge < -0.3 is 34.8 Å². The summed E-state index contributed by atoms with van der Waals surface area (Å²) in [6, 6.07) is 0. The van der Waals surface area contributed by atoms with Crippen LogP contribution in [0, 0.1) is 0 Å². The van der Waals surface area contributed by atoms with Crippen LogP contribution in [0.2, 0.25) is 0 Å². The quantitative estimate of drug-likeness (QED) is 0.326. The van der Waals surface area contributed by atoms with Crippen LogP contribution in [0.5, 0.6) is 0 Å². The van der Waals surface area contributed by atoms with E-state index in [0.717, 1.165) is 0 Å². The van der Waals surface area contributed by atoms with Crippen LogP contribution < -0.4 is 10.2 Å². The van der Waals surface area contributed by atoms with Crippen molar-refractivity contribution in [3.63, 3.8) is 0 Å². The summed E-state index contributed by atoms with van der Waals surface area (Å²) < 4.78 is 3.65. The third kappa shape index (κ3) is 2.69. The molecule has 0 fully saturated rings. The molecule has 0 aliphatic carbocycles. The van der Waals surface area contributed by atoms with Gasteiger partial charge in [-0.2, -0.15) is 0 Å². The van der Waals surface area contributed by atoms with Gasteiger partial charge in [-0.1, -0.05) is 0 Å². The molecule has 8 heteroatoms. The highest BCUT2D eigenvalue weighted by molar-refractivity contribution is 5.97. The summed E-state index contributed by atoms with van der Waals surface area (Å²) in [6.07, 6.45) is 0. The molecule has 0 aromatic rings. The van der Waals surface area contributed by atoms with E-state index in [0.29, 0.717) is 0 Å². The average Bonchev–Trinajstić information content (AvgIpc) is 1.99. The van der Waals surface area contributed by atoms with E-state index in [1.54, 1.807) is 0 Å². The van der Waals surface area contributed by atoms with Crippen LogP contribution in [0.15, 0.2) is 0 Å². The lowest BCUT2D eigenvalue weighted by atomic mass is 10.3. The number of aliphatic hydroxyl groups is 1. The fourth-order valence-corrected chi connectivity index (χ4v) is 0.367. The van der Waals surface area contributed by atoms with Gasteiger partial charge in [0, 0.05) is 0 Å². The smallest absolute Gasteiger partial charge is 0.329 e. The highest BCUT2D eigenvalue weighted by Gasteiger charge is 2.32. The molecular weight excluding hydrogens is 188 g/mol. The second-order valence-electron chi connectivity index (χ2n) is 1.90. The van der Waals surface area contributed by atoms with Crippen LogP contribution >= 0.6 is 0 Å². The monoisotopic (exact) mass is 192 g/mol. The summed E-state index contributed by atoms with van der Waals surface area (Å²) in [7, 11) is 0. The molecule has 74 valence electrons. The van der Waals surface area contributed by atoms with Crippen molar-refractivity contribution in [3.05, 3.63) is 0 Å². The summed E-state index contributed by atoms with van der Waals surface area (Å²) in [5.74, 6) is -10.4. The number of carboxylic acid groups (broad SMARTS) is 3. The molecule has 0 aromatic carbocycles. The number of carbonyl (C=O) groups excluding carboxylic acids is 2. The lowest BCUT2D eigenvalue weighted by Crippen LogP contribution is -2.61. The van der Waals surface area contributed by atoms with Crippen molar-refractivity contribution in [2.45, 2.75) is 5.79 Å². The predicted molar refractivity (Wildman–Crippen MR) is 28.6 cm³/mol. The van der Waals surface area contributed by atoms with Gasteiger partial charge in [-0.15, -0.1) is 0 Å². The van der Waals surface area contributed by atoms with Crippen LogP contribution in [0.25, 0.3) is 0 Å². The van der Waals surface area contributed by atoms with Gasteiger partial charge in [0.05, 0.1) is 0 Å². The van der Waals surface area contributed by atoms with Crippen LogP contribution in [0.4, 0.5) is 0 Å². The van der Waals surface area contributed by atoms with Crippen molar-refractivity contribution in [2.24, 2.45) is 0 Å². The van der Waals surface area contributed by atoms with Crippen molar-refractivity contribution in [3.8, 4) is 0 Å². The minimum absolute atomic E-state index is 1.31. The Morgan fingerprint density at radius 3 is 1.85 bits per heavy atom. The number of carbonyl (C=O) groups is 3. The van der Waals surface area contributed by atoms with Crippen LogP contribution in [-0.4, -0.2) is 40.5 Å². The van der Waals surface area contributed by atoms with Crippen LogP contribution in [0.1, 0.15) is 0 Å². The molecule has 0 unspecified atom stereocenters. The van der Waals surface area contributed by atoms with E-state index in [-0.39, 0.29) is 0 Å². The first-order valence-corrected chi connectivity index (χ1v) is 2.81. The van der Waals surface area contributed by atoms with Crippen molar-refractivity contribution < 1.29 is 39.5 Å². The van der Waals surface area contributed by atoms with E-state index in [9.17, 15) is 24.6 Å². The Morgan fingerprint density at radius 2 is 1.62 bits per heavy atom. The molecule has 0 amide bonds. The first-order valence-electron chi connectivity index (χ1n) is 2.81. The van der Waals surface area contributed by atoms with Gasteiger partial charge in [0.2, 0.25) is 5.79 Å². The van der Waals surface area contributed by atoms with E-state index in [4.69, 9.17) is 10.2 Å². The average molecular weight is 192 g/mol. The number of hydrogen-bond donors (Lipinski definition) is 2. The van der Waals surface area contributed by atoms with E-state index < -0.39 is 30.3 Å². The second kappa shape index (κ2) is 3.83. The largest absolute Gasteiger partial charge is 0.544 e. The molecule has 0 spiro atoms. The van der Waals surface area contributed by atoms with E-state index in [2.05, 4.69) is 4.74 Å². The Labute approximate surface area is 71.0 Å². The molecule has 0 heterocycles. The van der Waals surface area contributed by atoms with Gasteiger partial charge in [-0.25, -0.2) is 4.79 Å². The number of hydrogen-bond acceptors (Lipinski definition) is 7. The maximum Gasteiger partial charge on any atom is 0.329 e. The van der Waals surface area contributed by atoms with E-state index in [1.165, 1.54) is 0 Å². The third-order valence-electron chi connectivity index (χ3n) is 0.958. The van der Waals surface area contributed by atoms with Gasteiger partial charge in [0.25, 0.3) is 0 Å². The molecule has 13 heavy (non-hydrogen) atoms. The Bertz CT molecular complexity index is 229. The third-order valence-corrected chi connectivity index (χ3v) is 0.958. The van der Waals surface area contributed by atoms with Crippen molar-refractivity contribution in [1.29, 1.82) is 0 Å². The number of aliphatic carboxylic acids is 3. The van der Waals surface area contributed by atoms with E-state index in [1.807, 2.05) is 0 Å². The van der Waals surface area contributed by atoms with Crippen LogP contribution in [-0.2, 0) is 19.1 Å². The molecule has 0 rings (SSSR count). The SMILES string of the molecule is O=C(O)COC(O)(C(=O)[O-])C(=O)[O-]. The van der Waals surface area contributed by atoms with Gasteiger partial charge in [-0.05, 0) is 0 Å². The normalized spacial score (nSPS) is 10.8. The topological polar surface area (TPSA) is 147 Å². The maximum atomic E-state index is 9.98. The lowest BCUT2D eigenvalue weighted by molar-refractivity contribution is -0.379. The Hall–Kier alpha value is -1.67. The molecule has 0 aliphatic heterocycles. The van der Waals surface area contributed by atoms with Crippen LogP contribution in [0.3, 0.4) is 0 Å². The molecule has 0 atom stereocenters. The zero-order chi connectivity index (χ0) is 10.6. The molecular formula is C5H4O8-2. The standard InChI is InChI=1S/C5H6O8/c6-2(7)1-13-5(12,3(8)9)4(10)11/h12H,1H2,(H,6,7)(H,8,9)(H,10,11)/p-2. The molecule has 8 nitrogen and oxygen atoms in total. The molecule has 0 bridgehead atoms. The van der Waals surface area contributed by atoms with Gasteiger partial charge in [0.1, 0.15) is 18.5 Å². The minimum atomic E-state index is -3.74. The number of rotatable bonds is 5. The summed E-state index contributed by atoms with van der Waals surface area (Å²) in [6.45, 7) is -1.31. The molecule has 0 saturated heterocycles. The molecule has 0 aromatic heterocycles. The van der Waals surface area contributed by atoms with Gasteiger partial charge >= 0.3 is 5.97 Å². The number of ether oxygens (including phenoxy) is 1. The fraction of sp³-hybridized carbons (Fsp3) is 0.400. The summed E-state index contributed by atoms with van der Waals surface area (Å²) in [5, 5.41) is 36.5. The van der Waals surface area contributed by atoms with Gasteiger partial charge in [-0.3, -0.25) is 0 Å². The lowest BCUT2D eigenvalue weighted by Gasteiger charge is -2.28. The van der Waals surface area contributed by atoms with E-state index >= 15 is 0 Å². The fourth-order valence-electron chi connectivity index (χ4n) is 0.367. The molecule has 0 radical (unpaired) electrons. The molecule has 0 saturated carbocycles. The Kier molecular flexibility index (Phi) is 3.33. The minimum Gasteiger partial charge on any atom is -0.544 e. The Balaban J connectivity index is 4.52. The first kappa shape index (κ1) is 11.3. The maximum absolute atomic E-state index is 9.98. The Morgan fingerprint density at radius 1 is 1.23 bits per heavy atom. The molecule has 2 N–H and O–H groups in total. The molecule has 0 aliphatic rings. The predicted octanol–water partition coefficient (Wildman–Crippen LogP) is -4.72. The number of carboxylic acids is 3. The summed E-state index contributed by atoms with van der Waals surface area (Å²) in [5.41, 5.74) is 0. The second-order valence-corrected chi connectivity index (χ2v) is 1.90.